The molecule has 4 unspecified atom stereocenters. The van der Waals surface area contributed by atoms with E-state index in [9.17, 15) is 14.4 Å². The van der Waals surface area contributed by atoms with Crippen LogP contribution in [0.3, 0.4) is 0 Å². The van der Waals surface area contributed by atoms with Gasteiger partial charge in [-0.2, -0.15) is 0 Å². The highest BCUT2D eigenvalue weighted by Gasteiger charge is 2.59. The highest BCUT2D eigenvalue weighted by molar-refractivity contribution is 6.09. The van der Waals surface area contributed by atoms with Crippen molar-refractivity contribution < 1.29 is 14.4 Å². The van der Waals surface area contributed by atoms with Gasteiger partial charge >= 0.3 is 0 Å². The Morgan fingerprint density at radius 1 is 0.931 bits per heavy atom. The molecule has 2 bridgehead atoms. The highest BCUT2D eigenvalue weighted by Crippen LogP contribution is 2.52. The van der Waals surface area contributed by atoms with Gasteiger partial charge in [-0.3, -0.25) is 24.3 Å². The minimum Gasteiger partial charge on any atom is -0.325 e. The van der Waals surface area contributed by atoms with Gasteiger partial charge in [0.15, 0.2) is 0 Å². The summed E-state index contributed by atoms with van der Waals surface area (Å²) in [6.45, 7) is -0.219. The number of likely N-dealkylation sites (tertiary alicyclic amines) is 1. The van der Waals surface area contributed by atoms with E-state index in [1.165, 1.54) is 0 Å². The second kappa shape index (κ2) is 6.95. The van der Waals surface area contributed by atoms with Crippen molar-refractivity contribution in [2.75, 3.05) is 11.9 Å². The maximum absolute atomic E-state index is 12.7. The first-order valence-corrected chi connectivity index (χ1v) is 9.91. The molecule has 1 saturated heterocycles. The van der Waals surface area contributed by atoms with Gasteiger partial charge in [0.25, 0.3) is 0 Å². The zero-order valence-electron chi connectivity index (χ0n) is 15.8. The molecule has 2 aliphatic carbocycles. The number of carbonyl (C=O) groups is 3. The van der Waals surface area contributed by atoms with E-state index in [0.717, 1.165) is 28.9 Å². The third-order valence-electron chi connectivity index (χ3n) is 6.26. The molecule has 1 aromatic carbocycles. The van der Waals surface area contributed by atoms with Crippen LogP contribution >= 0.6 is 0 Å². The zero-order chi connectivity index (χ0) is 20.0. The lowest BCUT2D eigenvalue weighted by atomic mass is 9.85. The number of anilines is 1. The van der Waals surface area contributed by atoms with Gasteiger partial charge in [-0.15, -0.1) is 0 Å². The Kier molecular flexibility index (Phi) is 4.27. The van der Waals surface area contributed by atoms with Crippen LogP contribution in [0.15, 0.2) is 60.9 Å². The molecule has 2 fully saturated rings. The maximum atomic E-state index is 12.7. The van der Waals surface area contributed by atoms with E-state index >= 15 is 0 Å². The van der Waals surface area contributed by atoms with Crippen LogP contribution in [0.5, 0.6) is 0 Å². The molecule has 29 heavy (non-hydrogen) atoms. The average molecular weight is 387 g/mol. The minimum atomic E-state index is -0.353. The van der Waals surface area contributed by atoms with Gasteiger partial charge in [0.1, 0.15) is 6.54 Å². The maximum Gasteiger partial charge on any atom is 0.244 e. The van der Waals surface area contributed by atoms with Crippen molar-refractivity contribution in [1.29, 1.82) is 0 Å². The summed E-state index contributed by atoms with van der Waals surface area (Å²) in [6, 6.07) is 11.5. The van der Waals surface area contributed by atoms with E-state index in [-0.39, 0.29) is 47.9 Å². The van der Waals surface area contributed by atoms with Crippen molar-refractivity contribution in [2.45, 2.75) is 12.8 Å². The third kappa shape index (κ3) is 3.14. The molecule has 2 aromatic rings. The monoisotopic (exact) mass is 387 g/mol. The Hall–Kier alpha value is -3.28. The number of imide groups is 1. The van der Waals surface area contributed by atoms with Crippen LogP contribution in [0.25, 0.3) is 0 Å². The normalized spacial score (nSPS) is 26.8. The molecule has 1 N–H and O–H groups in total. The van der Waals surface area contributed by atoms with Crippen molar-refractivity contribution in [3.63, 3.8) is 0 Å². The van der Waals surface area contributed by atoms with E-state index in [2.05, 4.69) is 10.3 Å². The predicted molar refractivity (Wildman–Crippen MR) is 107 cm³/mol. The van der Waals surface area contributed by atoms with Crippen LogP contribution in [-0.4, -0.2) is 34.2 Å². The number of rotatable bonds is 5. The number of nitrogens with zero attached hydrogens (tertiary/aromatic N) is 2. The number of aromatic nitrogens is 1. The number of amides is 3. The van der Waals surface area contributed by atoms with Crippen molar-refractivity contribution in [3.8, 4) is 0 Å². The number of allylic oxidation sites excluding steroid dienone is 2. The summed E-state index contributed by atoms with van der Waals surface area (Å²) in [6.07, 6.45) is 9.30. The molecule has 5 rings (SSSR count). The molecule has 3 amide bonds. The van der Waals surface area contributed by atoms with Crippen molar-refractivity contribution in [1.82, 2.24) is 9.88 Å². The summed E-state index contributed by atoms with van der Waals surface area (Å²) in [5.41, 5.74) is 2.93. The number of hydrogen-bond donors (Lipinski definition) is 1. The number of carbonyl (C=O) groups excluding carboxylic acids is 3. The Morgan fingerprint density at radius 2 is 1.52 bits per heavy atom. The van der Waals surface area contributed by atoms with Gasteiger partial charge in [0.2, 0.25) is 17.7 Å². The quantitative estimate of drug-likeness (QED) is 0.631. The molecule has 1 aromatic heterocycles. The van der Waals surface area contributed by atoms with Crippen molar-refractivity contribution in [2.24, 2.45) is 23.7 Å². The number of benzene rings is 1. The van der Waals surface area contributed by atoms with Crippen molar-refractivity contribution >= 4 is 23.4 Å². The summed E-state index contributed by atoms with van der Waals surface area (Å²) in [5.74, 6) is -0.964. The number of hydrogen-bond acceptors (Lipinski definition) is 4. The van der Waals surface area contributed by atoms with E-state index in [1.807, 2.05) is 48.6 Å². The lowest BCUT2D eigenvalue weighted by molar-refractivity contribution is -0.143. The largest absolute Gasteiger partial charge is 0.325 e. The molecule has 0 spiro atoms. The smallest absolute Gasteiger partial charge is 0.244 e. The fourth-order valence-corrected chi connectivity index (χ4v) is 4.91. The lowest BCUT2D eigenvalue weighted by Gasteiger charge is -2.17. The van der Waals surface area contributed by atoms with Gasteiger partial charge in [-0.05, 0) is 60.1 Å². The zero-order valence-corrected chi connectivity index (χ0v) is 15.8. The van der Waals surface area contributed by atoms with Crippen LogP contribution in [0.4, 0.5) is 5.69 Å². The highest BCUT2D eigenvalue weighted by atomic mass is 16.2. The Morgan fingerprint density at radius 3 is 2.14 bits per heavy atom. The predicted octanol–water partition coefficient (Wildman–Crippen LogP) is 2.42. The molecular weight excluding hydrogens is 366 g/mol. The number of pyridine rings is 1. The molecule has 4 atom stereocenters. The van der Waals surface area contributed by atoms with Crippen LogP contribution in [0.1, 0.15) is 17.5 Å². The van der Waals surface area contributed by atoms with E-state index in [1.54, 1.807) is 12.4 Å². The van der Waals surface area contributed by atoms with Crippen molar-refractivity contribution in [3.05, 3.63) is 72.1 Å². The molecule has 1 saturated carbocycles. The minimum absolute atomic E-state index is 0.155. The molecule has 146 valence electrons. The lowest BCUT2D eigenvalue weighted by Crippen LogP contribution is -2.39. The second-order valence-electron chi connectivity index (χ2n) is 8.04. The second-order valence-corrected chi connectivity index (χ2v) is 8.04. The average Bonchev–Trinajstić information content (AvgIpc) is 3.40. The first-order chi connectivity index (χ1) is 14.1. The SMILES string of the molecule is O=C(CN1C(=O)C2C3C=CC(C3)C2C1=O)Nc1ccc(Cc2ccncc2)cc1. The summed E-state index contributed by atoms with van der Waals surface area (Å²) in [4.78, 5) is 43.0. The summed E-state index contributed by atoms with van der Waals surface area (Å²) < 4.78 is 0. The first kappa shape index (κ1) is 17.8. The summed E-state index contributed by atoms with van der Waals surface area (Å²) >= 11 is 0. The fourth-order valence-electron chi connectivity index (χ4n) is 4.91. The Balaban J connectivity index is 1.20. The third-order valence-corrected chi connectivity index (χ3v) is 6.26. The van der Waals surface area contributed by atoms with Crippen LogP contribution in [0.2, 0.25) is 0 Å². The van der Waals surface area contributed by atoms with Crippen LogP contribution in [0, 0.1) is 23.7 Å². The van der Waals surface area contributed by atoms with Gasteiger partial charge in [0.05, 0.1) is 11.8 Å². The summed E-state index contributed by atoms with van der Waals surface area (Å²) in [5, 5.41) is 2.79. The molecule has 6 nitrogen and oxygen atoms in total. The molecule has 3 aliphatic rings. The van der Waals surface area contributed by atoms with E-state index in [0.29, 0.717) is 5.69 Å². The van der Waals surface area contributed by atoms with Gasteiger partial charge in [-0.1, -0.05) is 24.3 Å². The van der Waals surface area contributed by atoms with Gasteiger partial charge in [-0.25, -0.2) is 0 Å². The molecular formula is C23H21N3O3. The van der Waals surface area contributed by atoms with Gasteiger partial charge < -0.3 is 5.32 Å². The molecule has 0 radical (unpaired) electrons. The Labute approximate surface area is 168 Å². The van der Waals surface area contributed by atoms with E-state index < -0.39 is 0 Å². The topological polar surface area (TPSA) is 79.4 Å². The van der Waals surface area contributed by atoms with Crippen LogP contribution < -0.4 is 5.32 Å². The first-order valence-electron chi connectivity index (χ1n) is 9.91. The molecule has 1 aliphatic heterocycles. The van der Waals surface area contributed by atoms with Crippen LogP contribution in [-0.2, 0) is 20.8 Å². The summed E-state index contributed by atoms with van der Waals surface area (Å²) in [7, 11) is 0. The number of fused-ring (bicyclic) bond motifs is 5. The molecule has 2 heterocycles. The standard InChI is InChI=1S/C23H21N3O3/c27-19(13-26-22(28)20-16-3-4-17(12-16)21(20)23(26)29)25-18-5-1-14(2-6-18)11-15-7-9-24-10-8-15/h1-10,16-17,20-21H,11-13H2,(H,25,27). The van der Waals surface area contributed by atoms with E-state index in [4.69, 9.17) is 0 Å². The molecule has 6 heteroatoms. The number of nitrogens with one attached hydrogen (secondary N) is 1. The Bertz CT molecular complexity index is 970. The fraction of sp³-hybridized carbons (Fsp3) is 0.304. The van der Waals surface area contributed by atoms with Gasteiger partial charge in [0, 0.05) is 18.1 Å².